The van der Waals surface area contributed by atoms with Gasteiger partial charge in [0.15, 0.2) is 6.29 Å². The highest BCUT2D eigenvalue weighted by Crippen LogP contribution is 2.39. The molecule has 0 radical (unpaired) electrons. The summed E-state index contributed by atoms with van der Waals surface area (Å²) >= 11 is 0. The van der Waals surface area contributed by atoms with Crippen LogP contribution in [0.3, 0.4) is 0 Å². The number of rotatable bonds is 9. The van der Waals surface area contributed by atoms with Crippen LogP contribution in [0.5, 0.6) is 0 Å². The zero-order valence-electron chi connectivity index (χ0n) is 27.6. The van der Waals surface area contributed by atoms with Gasteiger partial charge in [0, 0.05) is 25.1 Å². The number of aliphatic hydroxyl groups is 1. The Morgan fingerprint density at radius 1 is 0.882 bits per heavy atom. The van der Waals surface area contributed by atoms with Crippen molar-refractivity contribution in [3.8, 4) is 11.1 Å². The van der Waals surface area contributed by atoms with Crippen LogP contribution in [-0.2, 0) is 38.8 Å². The number of hydrogen-bond donors (Lipinski definition) is 2. The average Bonchev–Trinajstić information content (AvgIpc) is 3.81. The Morgan fingerprint density at radius 2 is 1.65 bits per heavy atom. The number of hydrogen-bond acceptors (Lipinski definition) is 6. The number of ether oxygens (including phenoxy) is 2. The third kappa shape index (κ3) is 7.68. The Balaban J connectivity index is 1.05. The molecule has 12 heteroatoms. The molecule has 0 unspecified atom stereocenters. The zero-order chi connectivity index (χ0) is 35.5. The second kappa shape index (κ2) is 14.7. The van der Waals surface area contributed by atoms with Crippen LogP contribution in [0.1, 0.15) is 53.9 Å². The molecule has 9 nitrogen and oxygen atoms in total. The maximum absolute atomic E-state index is 13.0. The fourth-order valence-electron chi connectivity index (χ4n) is 6.85. The van der Waals surface area contributed by atoms with Crippen LogP contribution < -0.4 is 5.32 Å². The van der Waals surface area contributed by atoms with Crippen molar-refractivity contribution in [1.29, 1.82) is 0 Å². The van der Waals surface area contributed by atoms with Gasteiger partial charge in [0.05, 0.1) is 42.7 Å². The molecule has 2 aliphatic heterocycles. The quantitative estimate of drug-likeness (QED) is 0.180. The monoisotopic (exact) mass is 698 g/mol. The molecular formula is C39H37F3N4O5. The first kappa shape index (κ1) is 34.4. The van der Waals surface area contributed by atoms with E-state index in [1.54, 1.807) is 0 Å². The Kier molecular flexibility index (Phi) is 9.90. The van der Waals surface area contributed by atoms with Crippen molar-refractivity contribution in [2.24, 2.45) is 0 Å². The molecule has 264 valence electrons. The van der Waals surface area contributed by atoms with E-state index in [4.69, 9.17) is 9.47 Å². The highest BCUT2D eigenvalue weighted by molar-refractivity contribution is 5.90. The number of nitrogens with zero attached hydrogens (tertiary/aromatic N) is 3. The number of amides is 2. The Morgan fingerprint density at radius 3 is 2.41 bits per heavy atom. The molecule has 7 rings (SSSR count). The average molecular weight is 699 g/mol. The smallest absolute Gasteiger partial charge is 0.392 e. The molecule has 0 aliphatic carbocycles. The van der Waals surface area contributed by atoms with Gasteiger partial charge in [-0.2, -0.15) is 13.2 Å². The van der Waals surface area contributed by atoms with E-state index in [0.29, 0.717) is 24.3 Å². The van der Waals surface area contributed by atoms with E-state index in [1.807, 2.05) is 103 Å². The summed E-state index contributed by atoms with van der Waals surface area (Å²) in [6.45, 7) is 0.557. The van der Waals surface area contributed by atoms with Crippen molar-refractivity contribution in [3.05, 3.63) is 126 Å². The summed E-state index contributed by atoms with van der Waals surface area (Å²) in [5.74, 6) is -2.58. The molecule has 4 aromatic carbocycles. The van der Waals surface area contributed by atoms with Crippen molar-refractivity contribution in [2.45, 2.75) is 69.7 Å². The first-order chi connectivity index (χ1) is 24.7. The zero-order valence-corrected chi connectivity index (χ0v) is 27.6. The van der Waals surface area contributed by atoms with Gasteiger partial charge < -0.3 is 29.4 Å². The predicted octanol–water partition coefficient (Wildman–Crippen LogP) is 6.61. The molecule has 2 fully saturated rings. The van der Waals surface area contributed by atoms with Crippen molar-refractivity contribution >= 4 is 22.8 Å². The summed E-state index contributed by atoms with van der Waals surface area (Å²) in [5, 5.41) is 12.2. The number of fused-ring (bicyclic) bond motifs is 1. The number of aliphatic hydroxyl groups excluding tert-OH is 1. The summed E-state index contributed by atoms with van der Waals surface area (Å²) in [7, 11) is 0. The van der Waals surface area contributed by atoms with Crippen LogP contribution in [0.25, 0.3) is 22.2 Å². The van der Waals surface area contributed by atoms with E-state index in [1.165, 1.54) is 0 Å². The summed E-state index contributed by atoms with van der Waals surface area (Å²) in [5.41, 5.74) is 7.17. The fraction of sp³-hybridized carbons (Fsp3) is 0.308. The lowest BCUT2D eigenvalue weighted by atomic mass is 9.99. The molecule has 2 saturated heterocycles. The van der Waals surface area contributed by atoms with Crippen molar-refractivity contribution < 1.29 is 37.3 Å². The number of carbonyl (C=O) groups is 2. The lowest BCUT2D eigenvalue weighted by Gasteiger charge is -2.36. The maximum atomic E-state index is 13.0. The van der Waals surface area contributed by atoms with Crippen LogP contribution in [0.4, 0.5) is 13.2 Å². The van der Waals surface area contributed by atoms with Gasteiger partial charge in [-0.15, -0.1) is 0 Å². The summed E-state index contributed by atoms with van der Waals surface area (Å²) in [4.78, 5) is 29.8. The minimum Gasteiger partial charge on any atom is -0.392 e. The second-order valence-corrected chi connectivity index (χ2v) is 12.9. The van der Waals surface area contributed by atoms with E-state index >= 15 is 0 Å². The van der Waals surface area contributed by atoms with Gasteiger partial charge in [-0.1, -0.05) is 78.9 Å². The van der Waals surface area contributed by atoms with Crippen molar-refractivity contribution in [3.63, 3.8) is 0 Å². The number of para-hydroxylation sites is 2. The summed E-state index contributed by atoms with van der Waals surface area (Å²) in [6, 6.07) is 30.0. The molecule has 4 atom stereocenters. The molecule has 1 aromatic heterocycles. The van der Waals surface area contributed by atoms with Crippen LogP contribution in [-0.4, -0.2) is 56.2 Å². The number of alkyl halides is 3. The highest BCUT2D eigenvalue weighted by atomic mass is 19.4. The van der Waals surface area contributed by atoms with Gasteiger partial charge in [0.2, 0.25) is 5.91 Å². The van der Waals surface area contributed by atoms with Gasteiger partial charge in [0.1, 0.15) is 6.04 Å². The predicted molar refractivity (Wildman–Crippen MR) is 183 cm³/mol. The van der Waals surface area contributed by atoms with Crippen molar-refractivity contribution in [2.75, 3.05) is 6.54 Å². The topological polar surface area (TPSA) is 106 Å². The minimum absolute atomic E-state index is 0.0372. The molecule has 5 aromatic rings. The highest BCUT2D eigenvalue weighted by Gasteiger charge is 2.47. The Labute approximate surface area is 292 Å². The van der Waals surface area contributed by atoms with E-state index in [0.717, 1.165) is 44.4 Å². The van der Waals surface area contributed by atoms with Gasteiger partial charge >= 0.3 is 12.1 Å². The third-order valence-corrected chi connectivity index (χ3v) is 9.51. The first-order valence-electron chi connectivity index (χ1n) is 16.9. The lowest BCUT2D eigenvalue weighted by molar-refractivity contribution is -0.252. The largest absolute Gasteiger partial charge is 0.471 e. The van der Waals surface area contributed by atoms with E-state index in [9.17, 15) is 27.9 Å². The third-order valence-electron chi connectivity index (χ3n) is 9.51. The normalized spacial score (nSPS) is 20.8. The van der Waals surface area contributed by atoms with Gasteiger partial charge in [-0.25, -0.2) is 4.98 Å². The molecule has 0 spiro atoms. The lowest BCUT2D eigenvalue weighted by Crippen LogP contribution is -2.50. The van der Waals surface area contributed by atoms with Crippen LogP contribution >= 0.6 is 0 Å². The molecule has 2 aliphatic rings. The summed E-state index contributed by atoms with van der Waals surface area (Å²) < 4.78 is 54.3. The van der Waals surface area contributed by atoms with E-state index in [-0.39, 0.29) is 38.3 Å². The number of halogens is 3. The number of nitrogens with one attached hydrogen (secondary N) is 1. The molecular weight excluding hydrogens is 661 g/mol. The maximum Gasteiger partial charge on any atom is 0.471 e. The van der Waals surface area contributed by atoms with Crippen LogP contribution in [0, 0.1) is 0 Å². The van der Waals surface area contributed by atoms with Gasteiger partial charge in [-0.3, -0.25) is 9.59 Å². The molecule has 2 amide bonds. The van der Waals surface area contributed by atoms with E-state index in [2.05, 4.69) is 14.9 Å². The number of imidazole rings is 1. The van der Waals surface area contributed by atoms with E-state index < -0.39 is 30.3 Å². The number of carbonyl (C=O) groups excluding carboxylic acids is 2. The standard InChI is InChI=1S/C39H37F3N4O5/c40-39(41,42)38(49)46-18-4-9-34(46)36(48)43-21-26-5-3-6-30(19-26)27-14-16-29(17-15-27)37-50-31(22-45-24-44-32-7-1-2-8-33(32)45)20-35(51-37)28-12-10-25(23-47)11-13-28/h1-3,5-8,10-17,19,24,31,34-35,37,47H,4,9,18,20-23H2,(H,43,48)/t31-,34+,35+,37+/m1/s1. The number of likely N-dealkylation sites (tertiary alicyclic amines) is 1. The fourth-order valence-corrected chi connectivity index (χ4v) is 6.85. The minimum atomic E-state index is -5.02. The first-order valence-corrected chi connectivity index (χ1v) is 16.9. The Hall–Kier alpha value is -5.04. The molecule has 51 heavy (non-hydrogen) atoms. The van der Waals surface area contributed by atoms with Gasteiger partial charge in [-0.05, 0) is 58.9 Å². The van der Waals surface area contributed by atoms with Crippen molar-refractivity contribution in [1.82, 2.24) is 19.8 Å². The molecule has 3 heterocycles. The number of benzene rings is 4. The van der Waals surface area contributed by atoms with Crippen LogP contribution in [0.15, 0.2) is 103 Å². The molecule has 0 saturated carbocycles. The van der Waals surface area contributed by atoms with Crippen LogP contribution in [0.2, 0.25) is 0 Å². The second-order valence-electron chi connectivity index (χ2n) is 12.9. The summed E-state index contributed by atoms with van der Waals surface area (Å²) in [6.07, 6.45) is -3.11. The Bertz CT molecular complexity index is 2000. The van der Waals surface area contributed by atoms with Gasteiger partial charge in [0.25, 0.3) is 0 Å². The molecule has 0 bridgehead atoms. The molecule has 2 N–H and O–H groups in total. The number of aromatic nitrogens is 2. The SMILES string of the molecule is O=C(NCc1cccc(-c2ccc([C@H]3O[C@@H](Cn4cnc5ccccc54)C[C@@H](c4ccc(CO)cc4)O3)cc2)c1)[C@@H]1CCCN1C(=O)C(F)(F)F.